The number of thiazole rings is 2. The molecule has 0 bridgehead atoms. The van der Waals surface area contributed by atoms with Gasteiger partial charge in [0, 0.05) is 30.3 Å². The molecule has 2 N–H and O–H groups in total. The van der Waals surface area contributed by atoms with Crippen molar-refractivity contribution in [2.24, 2.45) is 5.92 Å². The second-order valence-electron chi connectivity index (χ2n) is 5.50. The van der Waals surface area contributed by atoms with E-state index in [0.29, 0.717) is 5.13 Å². The Morgan fingerprint density at radius 2 is 2.10 bits per heavy atom. The van der Waals surface area contributed by atoms with Gasteiger partial charge in [0.1, 0.15) is 11.4 Å². The summed E-state index contributed by atoms with van der Waals surface area (Å²) in [7, 11) is 0. The average molecular weight is 308 g/mol. The van der Waals surface area contributed by atoms with Crippen LogP contribution in [0.3, 0.4) is 0 Å². The average Bonchev–Trinajstić information content (AvgIpc) is 3.05. The molecule has 1 fully saturated rings. The minimum atomic E-state index is 0.608. The van der Waals surface area contributed by atoms with Crippen LogP contribution >= 0.6 is 22.7 Å². The van der Waals surface area contributed by atoms with Gasteiger partial charge < -0.3 is 10.6 Å². The summed E-state index contributed by atoms with van der Waals surface area (Å²) >= 11 is 3.20. The van der Waals surface area contributed by atoms with Crippen LogP contribution in [0.25, 0.3) is 11.4 Å². The van der Waals surface area contributed by atoms with Gasteiger partial charge in [-0.25, -0.2) is 9.97 Å². The van der Waals surface area contributed by atoms with E-state index in [9.17, 15) is 0 Å². The molecule has 1 aliphatic rings. The van der Waals surface area contributed by atoms with E-state index in [4.69, 9.17) is 5.73 Å². The number of anilines is 1. The van der Waals surface area contributed by atoms with Crippen molar-refractivity contribution in [2.45, 2.75) is 26.2 Å². The van der Waals surface area contributed by atoms with E-state index in [0.717, 1.165) is 30.3 Å². The third-order valence-corrected chi connectivity index (χ3v) is 5.30. The van der Waals surface area contributed by atoms with Gasteiger partial charge in [0.25, 0.3) is 0 Å². The topological polar surface area (TPSA) is 55.0 Å². The van der Waals surface area contributed by atoms with Crippen LogP contribution in [0.2, 0.25) is 0 Å². The molecule has 4 nitrogen and oxygen atoms in total. The van der Waals surface area contributed by atoms with Gasteiger partial charge in [0.05, 0.1) is 5.01 Å². The zero-order chi connectivity index (χ0) is 13.9. The van der Waals surface area contributed by atoms with Crippen molar-refractivity contribution in [1.29, 1.82) is 0 Å². The highest BCUT2D eigenvalue weighted by atomic mass is 32.1. The van der Waals surface area contributed by atoms with Crippen LogP contribution in [0.15, 0.2) is 10.8 Å². The maximum atomic E-state index is 5.67. The molecule has 0 aliphatic carbocycles. The molecular formula is C14H20N4S2. The highest BCUT2D eigenvalue weighted by Crippen LogP contribution is 2.25. The molecule has 0 aromatic carbocycles. The molecule has 2 aromatic rings. The van der Waals surface area contributed by atoms with E-state index < -0.39 is 0 Å². The van der Waals surface area contributed by atoms with Crippen molar-refractivity contribution in [2.75, 3.05) is 25.4 Å². The molecule has 108 valence electrons. The fourth-order valence-electron chi connectivity index (χ4n) is 2.69. The number of hydrogen-bond acceptors (Lipinski definition) is 6. The van der Waals surface area contributed by atoms with Crippen molar-refractivity contribution < 1.29 is 0 Å². The first kappa shape index (κ1) is 14.0. The first-order chi connectivity index (χ1) is 9.70. The summed E-state index contributed by atoms with van der Waals surface area (Å²) < 4.78 is 0. The lowest BCUT2D eigenvalue weighted by molar-refractivity contribution is 0.186. The minimum Gasteiger partial charge on any atom is -0.375 e. The van der Waals surface area contributed by atoms with E-state index in [1.807, 2.05) is 5.38 Å². The smallest absolute Gasteiger partial charge is 0.180 e. The molecule has 3 heterocycles. The maximum Gasteiger partial charge on any atom is 0.180 e. The van der Waals surface area contributed by atoms with Crippen molar-refractivity contribution in [3.05, 3.63) is 15.8 Å². The monoisotopic (exact) mass is 308 g/mol. The number of nitrogens with two attached hydrogens (primary N) is 1. The summed E-state index contributed by atoms with van der Waals surface area (Å²) in [6, 6.07) is 0. The van der Waals surface area contributed by atoms with E-state index >= 15 is 0 Å². The summed E-state index contributed by atoms with van der Waals surface area (Å²) in [5, 5.41) is 5.87. The lowest BCUT2D eigenvalue weighted by Crippen LogP contribution is -2.35. The molecule has 0 spiro atoms. The van der Waals surface area contributed by atoms with Crippen LogP contribution in [0.5, 0.6) is 0 Å². The Bertz CT molecular complexity index is 563. The van der Waals surface area contributed by atoms with Crippen LogP contribution in [0, 0.1) is 5.92 Å². The molecule has 1 aliphatic heterocycles. The van der Waals surface area contributed by atoms with Crippen LogP contribution in [-0.4, -0.2) is 34.5 Å². The Balaban J connectivity index is 1.57. The Morgan fingerprint density at radius 1 is 1.30 bits per heavy atom. The number of nitrogen functional groups attached to an aromatic ring is 1. The van der Waals surface area contributed by atoms with Crippen LogP contribution in [0.4, 0.5) is 5.13 Å². The molecule has 0 saturated carbocycles. The van der Waals surface area contributed by atoms with E-state index in [1.165, 1.54) is 42.3 Å². The summed E-state index contributed by atoms with van der Waals surface area (Å²) in [6.07, 6.45) is 3.75. The summed E-state index contributed by atoms with van der Waals surface area (Å²) in [5.74, 6) is 0.841. The lowest BCUT2D eigenvalue weighted by atomic mass is 10.0. The highest BCUT2D eigenvalue weighted by Gasteiger charge is 2.16. The van der Waals surface area contributed by atoms with Crippen LogP contribution < -0.4 is 5.73 Å². The lowest BCUT2D eigenvalue weighted by Gasteiger charge is -2.30. The normalized spacial score (nSPS) is 20.4. The molecule has 6 heteroatoms. The van der Waals surface area contributed by atoms with Gasteiger partial charge in [-0.15, -0.1) is 22.7 Å². The largest absolute Gasteiger partial charge is 0.375 e. The summed E-state index contributed by atoms with van der Waals surface area (Å²) in [6.45, 7) is 5.95. The number of nitrogens with zero attached hydrogens (tertiary/aromatic N) is 3. The fourth-order valence-corrected chi connectivity index (χ4v) is 4.03. The fraction of sp³-hybridized carbons (Fsp3) is 0.571. The Hall–Kier alpha value is -0.980. The van der Waals surface area contributed by atoms with Crippen LogP contribution in [0.1, 0.15) is 24.8 Å². The third-order valence-electron chi connectivity index (χ3n) is 3.72. The number of piperidine rings is 1. The second kappa shape index (κ2) is 6.20. The molecule has 1 unspecified atom stereocenters. The summed E-state index contributed by atoms with van der Waals surface area (Å²) in [4.78, 5) is 11.5. The third kappa shape index (κ3) is 3.37. The number of likely N-dealkylation sites (tertiary alicyclic amines) is 1. The van der Waals surface area contributed by atoms with E-state index in [1.54, 1.807) is 11.3 Å². The van der Waals surface area contributed by atoms with Gasteiger partial charge in [-0.1, -0.05) is 6.92 Å². The SMILES string of the molecule is CC1CCCN(CCc2nc(-c3csc(N)n3)cs2)C1. The Kier molecular flexibility index (Phi) is 4.33. The predicted octanol–water partition coefficient (Wildman–Crippen LogP) is 3.12. The number of hydrogen-bond donors (Lipinski definition) is 1. The predicted molar refractivity (Wildman–Crippen MR) is 86.2 cm³/mol. The number of aromatic nitrogens is 2. The molecule has 2 aromatic heterocycles. The first-order valence-electron chi connectivity index (χ1n) is 7.09. The minimum absolute atomic E-state index is 0.608. The zero-order valence-corrected chi connectivity index (χ0v) is 13.3. The van der Waals surface area contributed by atoms with Gasteiger partial charge in [-0.05, 0) is 25.3 Å². The first-order valence-corrected chi connectivity index (χ1v) is 8.85. The molecule has 1 atom stereocenters. The highest BCUT2D eigenvalue weighted by molar-refractivity contribution is 7.14. The number of rotatable bonds is 4. The maximum absolute atomic E-state index is 5.67. The van der Waals surface area contributed by atoms with Crippen molar-refractivity contribution in [3.8, 4) is 11.4 Å². The quantitative estimate of drug-likeness (QED) is 0.943. The second-order valence-corrected chi connectivity index (χ2v) is 7.33. The van der Waals surface area contributed by atoms with Gasteiger partial charge in [-0.2, -0.15) is 0 Å². The van der Waals surface area contributed by atoms with Crippen LogP contribution in [-0.2, 0) is 6.42 Å². The molecule has 20 heavy (non-hydrogen) atoms. The zero-order valence-electron chi connectivity index (χ0n) is 11.7. The Morgan fingerprint density at radius 3 is 2.85 bits per heavy atom. The van der Waals surface area contributed by atoms with Gasteiger partial charge >= 0.3 is 0 Å². The summed E-state index contributed by atoms with van der Waals surface area (Å²) in [5.41, 5.74) is 7.54. The van der Waals surface area contributed by atoms with E-state index in [2.05, 4.69) is 27.2 Å². The standard InChI is InChI=1S/C14H20N4S2/c1-10-3-2-5-18(7-10)6-4-13-16-11(8-19-13)12-9-20-14(15)17-12/h8-10H,2-7H2,1H3,(H2,15,17). The van der Waals surface area contributed by atoms with Crippen molar-refractivity contribution >= 4 is 27.8 Å². The molecule has 0 radical (unpaired) electrons. The Labute approximate surface area is 127 Å². The van der Waals surface area contributed by atoms with Crippen molar-refractivity contribution in [3.63, 3.8) is 0 Å². The molecular weight excluding hydrogens is 288 g/mol. The van der Waals surface area contributed by atoms with Crippen molar-refractivity contribution in [1.82, 2.24) is 14.9 Å². The molecule has 0 amide bonds. The van der Waals surface area contributed by atoms with Gasteiger partial charge in [0.15, 0.2) is 5.13 Å². The molecule has 1 saturated heterocycles. The molecule has 3 rings (SSSR count). The van der Waals surface area contributed by atoms with E-state index in [-0.39, 0.29) is 0 Å². The van der Waals surface area contributed by atoms with Gasteiger partial charge in [-0.3, -0.25) is 0 Å². The van der Waals surface area contributed by atoms with Gasteiger partial charge in [0.2, 0.25) is 0 Å².